The Balaban J connectivity index is 0.00000120. The molecule has 5 heteroatoms. The van der Waals surface area contributed by atoms with Crippen LogP contribution in [-0.4, -0.2) is 0 Å². The molecule has 1 aliphatic carbocycles. The maximum absolute atomic E-state index is 13.1. The molecule has 1 heterocycles. The molecule has 1 aromatic heterocycles. The number of allylic oxidation sites excluding steroid dienone is 4. The topological polar surface area (TPSA) is 0 Å². The lowest BCUT2D eigenvalue weighted by Gasteiger charge is -2.04. The number of hydrogen-bond donors (Lipinski definition) is 0. The molecule has 2 aromatic rings. The first-order valence-corrected chi connectivity index (χ1v) is 6.30. The highest BCUT2D eigenvalue weighted by molar-refractivity contribution is 7.39. The fraction of sp³-hybridized carbons (Fsp3) is 0.0769. The standard InChI is InChI=1S/C13H8F3S.ClH/c14-13(15,16)17-11-7-2-1-4-10(11)8-12(17)9-5-3-6-9;/h1-8H;1H/q+1;/p-1. The van der Waals surface area contributed by atoms with Gasteiger partial charge in [0.2, 0.25) is 0 Å². The molecule has 0 amide bonds. The molecule has 0 radical (unpaired) electrons. The molecule has 0 bridgehead atoms. The van der Waals surface area contributed by atoms with Gasteiger partial charge in [-0.05, 0) is 24.3 Å². The van der Waals surface area contributed by atoms with Crippen molar-refractivity contribution in [1.29, 1.82) is 0 Å². The summed E-state index contributed by atoms with van der Waals surface area (Å²) in [7, 11) is -1.79. The largest absolute Gasteiger partial charge is 1.00 e. The van der Waals surface area contributed by atoms with Gasteiger partial charge in [-0.3, -0.25) is 0 Å². The minimum Gasteiger partial charge on any atom is -1.00 e. The minimum atomic E-state index is -4.21. The second-order valence-electron chi connectivity index (χ2n) is 3.78. The van der Waals surface area contributed by atoms with Crippen LogP contribution in [0.5, 0.6) is 0 Å². The van der Waals surface area contributed by atoms with Crippen LogP contribution in [0.15, 0.2) is 48.6 Å². The van der Waals surface area contributed by atoms with Crippen molar-refractivity contribution in [2.24, 2.45) is 0 Å². The zero-order chi connectivity index (χ0) is 12.0. The monoisotopic (exact) mass is 288 g/mol. The van der Waals surface area contributed by atoms with Gasteiger partial charge in [-0.1, -0.05) is 18.2 Å². The highest BCUT2D eigenvalue weighted by Gasteiger charge is 2.48. The summed E-state index contributed by atoms with van der Waals surface area (Å²) in [6, 6.07) is 8.38. The summed E-state index contributed by atoms with van der Waals surface area (Å²) in [6.07, 6.45) is 5.21. The predicted molar refractivity (Wildman–Crippen MR) is 64.8 cm³/mol. The minimum absolute atomic E-state index is 0. The SMILES string of the molecule is FC(F)(F)[s+]1c(C2=CC=C2)cc2ccccc21.[Cl-]. The molecule has 0 saturated heterocycles. The summed E-state index contributed by atoms with van der Waals surface area (Å²) in [5.74, 6) is 0. The first kappa shape index (κ1) is 13.2. The van der Waals surface area contributed by atoms with Crippen LogP contribution in [0.1, 0.15) is 4.88 Å². The molecule has 1 aliphatic rings. The van der Waals surface area contributed by atoms with Crippen molar-refractivity contribution in [3.8, 4) is 0 Å². The molecule has 0 N–H and O–H groups in total. The van der Waals surface area contributed by atoms with Gasteiger partial charge in [-0.15, -0.1) is 13.2 Å². The number of fused-ring (bicyclic) bond motifs is 1. The molecule has 1 aromatic carbocycles. The molecule has 0 saturated carbocycles. The summed E-state index contributed by atoms with van der Waals surface area (Å²) in [5.41, 5.74) is -3.51. The Morgan fingerprint density at radius 3 is 2.28 bits per heavy atom. The van der Waals surface area contributed by atoms with Crippen molar-refractivity contribution < 1.29 is 25.6 Å². The smallest absolute Gasteiger partial charge is 0.601 e. The van der Waals surface area contributed by atoms with E-state index in [0.717, 1.165) is 0 Å². The molecule has 1 unspecified atom stereocenters. The van der Waals surface area contributed by atoms with Crippen molar-refractivity contribution in [2.45, 2.75) is 5.51 Å². The van der Waals surface area contributed by atoms with Gasteiger partial charge in [-0.2, -0.15) is 0 Å². The molecule has 94 valence electrons. The van der Waals surface area contributed by atoms with Crippen LogP contribution in [0.3, 0.4) is 0 Å². The van der Waals surface area contributed by atoms with Gasteiger partial charge in [0.1, 0.15) is 10.5 Å². The highest BCUT2D eigenvalue weighted by Crippen LogP contribution is 2.53. The Kier molecular flexibility index (Phi) is 3.25. The fourth-order valence-electron chi connectivity index (χ4n) is 1.91. The number of alkyl halides is 3. The number of rotatable bonds is 1. The van der Waals surface area contributed by atoms with Crippen molar-refractivity contribution in [3.63, 3.8) is 0 Å². The highest BCUT2D eigenvalue weighted by atomic mass is 35.5. The normalized spacial score (nSPS) is 15.1. The summed E-state index contributed by atoms with van der Waals surface area (Å²) in [6.45, 7) is 0. The number of halogens is 4. The third-order valence-electron chi connectivity index (χ3n) is 2.71. The number of benzene rings is 1. The van der Waals surface area contributed by atoms with Crippen LogP contribution >= 0.6 is 10.5 Å². The van der Waals surface area contributed by atoms with E-state index in [1.54, 1.807) is 48.6 Å². The van der Waals surface area contributed by atoms with Gasteiger partial charge >= 0.3 is 5.51 Å². The van der Waals surface area contributed by atoms with Gasteiger partial charge in [-0.25, -0.2) is 0 Å². The first-order chi connectivity index (χ1) is 8.07. The van der Waals surface area contributed by atoms with Crippen LogP contribution in [0.4, 0.5) is 13.2 Å². The predicted octanol–water partition coefficient (Wildman–Crippen LogP) is 2.02. The second-order valence-corrected chi connectivity index (χ2v) is 5.73. The van der Waals surface area contributed by atoms with Crippen molar-refractivity contribution >= 4 is 26.1 Å². The van der Waals surface area contributed by atoms with E-state index < -0.39 is 16.0 Å². The van der Waals surface area contributed by atoms with Gasteiger partial charge in [0.25, 0.3) is 0 Å². The van der Waals surface area contributed by atoms with Gasteiger partial charge < -0.3 is 12.4 Å². The summed E-state index contributed by atoms with van der Waals surface area (Å²) in [5, 5.41) is 0.685. The molecular formula is C13H8ClF3S. The molecule has 0 aliphatic heterocycles. The average Bonchev–Trinajstić information content (AvgIpc) is 2.52. The molecule has 18 heavy (non-hydrogen) atoms. The molecule has 0 fully saturated rings. The zero-order valence-corrected chi connectivity index (χ0v) is 10.6. The Labute approximate surface area is 111 Å². The van der Waals surface area contributed by atoms with Crippen molar-refractivity contribution in [1.82, 2.24) is 0 Å². The van der Waals surface area contributed by atoms with E-state index in [9.17, 15) is 13.2 Å². The van der Waals surface area contributed by atoms with Crippen LogP contribution in [-0.2, 0) is 5.51 Å². The summed E-state index contributed by atoms with van der Waals surface area (Å²) >= 11 is 0. The molecule has 1 atom stereocenters. The Morgan fingerprint density at radius 2 is 1.72 bits per heavy atom. The summed E-state index contributed by atoms with van der Waals surface area (Å²) in [4.78, 5) is 0.390. The first-order valence-electron chi connectivity index (χ1n) is 5.08. The van der Waals surface area contributed by atoms with E-state index in [0.29, 0.717) is 20.5 Å². The lowest BCUT2D eigenvalue weighted by molar-refractivity contribution is -0.0866. The molecule has 0 nitrogen and oxygen atoms in total. The van der Waals surface area contributed by atoms with Crippen LogP contribution in [0.25, 0.3) is 15.7 Å². The van der Waals surface area contributed by atoms with Crippen LogP contribution in [0.2, 0.25) is 0 Å². The number of thiophene rings is 1. The Morgan fingerprint density at radius 1 is 1.06 bits per heavy atom. The second kappa shape index (κ2) is 4.44. The lowest BCUT2D eigenvalue weighted by Crippen LogP contribution is -3.00. The maximum Gasteiger partial charge on any atom is 0.601 e. The Hall–Kier alpha value is -1.26. The maximum atomic E-state index is 13.1. The van der Waals surface area contributed by atoms with E-state index in [-0.39, 0.29) is 12.4 Å². The van der Waals surface area contributed by atoms with E-state index in [2.05, 4.69) is 0 Å². The van der Waals surface area contributed by atoms with Gasteiger partial charge in [0.15, 0.2) is 9.58 Å². The third-order valence-corrected chi connectivity index (χ3v) is 4.78. The lowest BCUT2D eigenvalue weighted by atomic mass is 10.1. The van der Waals surface area contributed by atoms with Crippen LogP contribution in [0, 0.1) is 0 Å². The summed E-state index contributed by atoms with van der Waals surface area (Å²) < 4.78 is 39.8. The molecular weight excluding hydrogens is 281 g/mol. The Bertz CT molecular complexity index is 650. The van der Waals surface area contributed by atoms with E-state index in [1.165, 1.54) is 0 Å². The number of hydrogen-bond acceptors (Lipinski definition) is 0. The van der Waals surface area contributed by atoms with E-state index >= 15 is 0 Å². The van der Waals surface area contributed by atoms with Gasteiger partial charge in [0, 0.05) is 17.0 Å². The fourth-order valence-corrected chi connectivity index (χ4v) is 3.84. The van der Waals surface area contributed by atoms with E-state index in [1.807, 2.05) is 0 Å². The quantitative estimate of drug-likeness (QED) is 0.705. The average molecular weight is 289 g/mol. The third kappa shape index (κ3) is 1.95. The van der Waals surface area contributed by atoms with Crippen molar-refractivity contribution in [3.05, 3.63) is 53.4 Å². The molecule has 0 spiro atoms. The van der Waals surface area contributed by atoms with Gasteiger partial charge in [0.05, 0.1) is 0 Å². The molecule has 3 rings (SSSR count). The van der Waals surface area contributed by atoms with Crippen molar-refractivity contribution in [2.75, 3.05) is 0 Å². The van der Waals surface area contributed by atoms with E-state index in [4.69, 9.17) is 0 Å². The van der Waals surface area contributed by atoms with Crippen LogP contribution < -0.4 is 12.4 Å². The zero-order valence-electron chi connectivity index (χ0n) is 9.04.